The molecule has 0 saturated carbocycles. The molecule has 0 radical (unpaired) electrons. The maximum atomic E-state index is 12.4. The van der Waals surface area contributed by atoms with E-state index in [1.807, 2.05) is 0 Å². The number of hydrogen-bond donors (Lipinski definition) is 3. The van der Waals surface area contributed by atoms with Gasteiger partial charge in [-0.15, -0.1) is 0 Å². The Bertz CT molecular complexity index is 751. The second kappa shape index (κ2) is 3.58. The highest BCUT2D eigenvalue weighted by molar-refractivity contribution is 6.31. The lowest BCUT2D eigenvalue weighted by Crippen LogP contribution is -2.23. The molecule has 2 aromatic rings. The van der Waals surface area contributed by atoms with Crippen molar-refractivity contribution >= 4 is 22.9 Å². The summed E-state index contributed by atoms with van der Waals surface area (Å²) in [6.07, 6.45) is 0. The van der Waals surface area contributed by atoms with Gasteiger partial charge in [-0.2, -0.15) is 0 Å². The van der Waals surface area contributed by atoms with Crippen LogP contribution in [0.1, 0.15) is 31.8 Å². The smallest absolute Gasteiger partial charge is 0.198 e. The van der Waals surface area contributed by atoms with Gasteiger partial charge < -0.3 is 16.6 Å². The van der Waals surface area contributed by atoms with Gasteiger partial charge in [-0.3, -0.25) is 9.59 Å². The van der Waals surface area contributed by atoms with Crippen LogP contribution in [-0.4, -0.2) is 16.7 Å². The van der Waals surface area contributed by atoms with Crippen molar-refractivity contribution in [3.05, 3.63) is 52.6 Å². The van der Waals surface area contributed by atoms with Gasteiger partial charge in [0.15, 0.2) is 11.6 Å². The van der Waals surface area contributed by atoms with Crippen molar-refractivity contribution in [3.8, 4) is 5.75 Å². The summed E-state index contributed by atoms with van der Waals surface area (Å²) in [6.45, 7) is 0. The average Bonchev–Trinajstić information content (AvgIpc) is 2.40. The van der Waals surface area contributed by atoms with Crippen molar-refractivity contribution in [1.29, 1.82) is 0 Å². The predicted molar refractivity (Wildman–Crippen MR) is 70.2 cm³/mol. The third-order valence-corrected chi connectivity index (χ3v) is 3.25. The van der Waals surface area contributed by atoms with Gasteiger partial charge in [0.1, 0.15) is 5.75 Å². The van der Waals surface area contributed by atoms with Crippen molar-refractivity contribution in [2.24, 2.45) is 0 Å². The number of fused-ring (bicyclic) bond motifs is 2. The molecule has 0 fully saturated rings. The van der Waals surface area contributed by atoms with E-state index in [2.05, 4.69) is 0 Å². The maximum absolute atomic E-state index is 12.4. The van der Waals surface area contributed by atoms with Crippen LogP contribution >= 0.6 is 0 Å². The lowest BCUT2D eigenvalue weighted by atomic mass is 9.82. The molecule has 0 atom stereocenters. The van der Waals surface area contributed by atoms with Gasteiger partial charge in [0, 0.05) is 17.2 Å². The number of rotatable bonds is 0. The fourth-order valence-electron chi connectivity index (χ4n) is 2.32. The van der Waals surface area contributed by atoms with Gasteiger partial charge in [-0.1, -0.05) is 24.3 Å². The Balaban J connectivity index is 2.43. The van der Waals surface area contributed by atoms with Gasteiger partial charge in [-0.25, -0.2) is 0 Å². The second-order valence-electron chi connectivity index (χ2n) is 4.35. The van der Waals surface area contributed by atoms with E-state index in [0.717, 1.165) is 0 Å². The number of phenols is 1. The topological polar surface area (TPSA) is 106 Å². The number of aromatic hydroxyl groups is 1. The van der Waals surface area contributed by atoms with E-state index >= 15 is 0 Å². The quantitative estimate of drug-likeness (QED) is 0.414. The Labute approximate surface area is 108 Å². The SMILES string of the molecule is Nc1cc(O)c2c(c1N)C(=O)c1ccccc1C2=O. The van der Waals surface area contributed by atoms with Crippen molar-refractivity contribution in [2.45, 2.75) is 0 Å². The van der Waals surface area contributed by atoms with Crippen LogP contribution in [0.2, 0.25) is 0 Å². The molecule has 0 spiro atoms. The summed E-state index contributed by atoms with van der Waals surface area (Å²) < 4.78 is 0. The van der Waals surface area contributed by atoms with E-state index in [0.29, 0.717) is 0 Å². The van der Waals surface area contributed by atoms with E-state index in [1.165, 1.54) is 6.07 Å². The number of benzene rings is 2. The van der Waals surface area contributed by atoms with Gasteiger partial charge in [0.2, 0.25) is 0 Å². The average molecular weight is 254 g/mol. The summed E-state index contributed by atoms with van der Waals surface area (Å²) in [5, 5.41) is 9.87. The first-order valence-corrected chi connectivity index (χ1v) is 5.61. The minimum Gasteiger partial charge on any atom is -0.507 e. The molecule has 0 saturated heterocycles. The molecule has 0 aromatic heterocycles. The van der Waals surface area contributed by atoms with Gasteiger partial charge in [0.25, 0.3) is 0 Å². The highest BCUT2D eigenvalue weighted by atomic mass is 16.3. The molecule has 1 aliphatic rings. The van der Waals surface area contributed by atoms with Gasteiger partial charge in [0.05, 0.1) is 22.5 Å². The van der Waals surface area contributed by atoms with Crippen LogP contribution in [0.5, 0.6) is 5.75 Å². The Hall–Kier alpha value is -2.82. The standard InChI is InChI=1S/C14H10N2O3/c15-8-5-9(17)10-11(12(8)16)14(19)7-4-2-1-3-6(7)13(10)18/h1-5,17H,15-16H2. The molecule has 5 heteroatoms. The van der Waals surface area contributed by atoms with E-state index in [4.69, 9.17) is 11.5 Å². The van der Waals surface area contributed by atoms with Crippen LogP contribution in [-0.2, 0) is 0 Å². The van der Waals surface area contributed by atoms with Crippen LogP contribution < -0.4 is 11.5 Å². The number of anilines is 2. The molecule has 5 nitrogen and oxygen atoms in total. The van der Waals surface area contributed by atoms with Gasteiger partial charge >= 0.3 is 0 Å². The fraction of sp³-hybridized carbons (Fsp3) is 0. The van der Waals surface area contributed by atoms with Gasteiger partial charge in [-0.05, 0) is 0 Å². The summed E-state index contributed by atoms with van der Waals surface area (Å²) in [4.78, 5) is 24.7. The fourth-order valence-corrected chi connectivity index (χ4v) is 2.32. The summed E-state index contributed by atoms with van der Waals surface area (Å²) in [7, 11) is 0. The molecule has 0 amide bonds. The molecule has 0 heterocycles. The molecule has 19 heavy (non-hydrogen) atoms. The van der Waals surface area contributed by atoms with Crippen LogP contribution in [0.15, 0.2) is 30.3 Å². The molecule has 5 N–H and O–H groups in total. The zero-order valence-electron chi connectivity index (χ0n) is 9.81. The predicted octanol–water partition coefficient (Wildman–Crippen LogP) is 1.33. The lowest BCUT2D eigenvalue weighted by molar-refractivity contribution is 0.0977. The summed E-state index contributed by atoms with van der Waals surface area (Å²) >= 11 is 0. The third-order valence-electron chi connectivity index (χ3n) is 3.25. The van der Waals surface area contributed by atoms with E-state index in [-0.39, 0.29) is 39.4 Å². The van der Waals surface area contributed by atoms with E-state index in [1.54, 1.807) is 24.3 Å². The van der Waals surface area contributed by atoms with Crippen molar-refractivity contribution in [2.75, 3.05) is 11.5 Å². The number of carbonyl (C=O) groups is 2. The number of nitrogens with two attached hydrogens (primary N) is 2. The first kappa shape index (κ1) is 11.3. The Morgan fingerprint density at radius 3 is 2.00 bits per heavy atom. The molecule has 3 rings (SSSR count). The molecule has 2 aromatic carbocycles. The molecule has 0 aliphatic heterocycles. The van der Waals surface area contributed by atoms with Crippen molar-refractivity contribution in [3.63, 3.8) is 0 Å². The highest BCUT2D eigenvalue weighted by Crippen LogP contribution is 2.38. The summed E-state index contributed by atoms with van der Waals surface area (Å²) in [5.74, 6) is -1.14. The van der Waals surface area contributed by atoms with Crippen LogP contribution in [0.3, 0.4) is 0 Å². The number of carbonyl (C=O) groups excluding carboxylic acids is 2. The molecule has 1 aliphatic carbocycles. The first-order valence-electron chi connectivity index (χ1n) is 5.61. The number of nitrogen functional groups attached to an aromatic ring is 2. The van der Waals surface area contributed by atoms with E-state index in [9.17, 15) is 14.7 Å². The lowest BCUT2D eigenvalue weighted by Gasteiger charge is -2.20. The van der Waals surface area contributed by atoms with Crippen LogP contribution in [0.4, 0.5) is 11.4 Å². The second-order valence-corrected chi connectivity index (χ2v) is 4.35. The Morgan fingerprint density at radius 1 is 0.895 bits per heavy atom. The molecule has 0 unspecified atom stereocenters. The summed E-state index contributed by atoms with van der Waals surface area (Å²) in [5.41, 5.74) is 12.0. The number of hydrogen-bond acceptors (Lipinski definition) is 5. The minimum atomic E-state index is -0.422. The van der Waals surface area contributed by atoms with Crippen molar-refractivity contribution in [1.82, 2.24) is 0 Å². The minimum absolute atomic E-state index is 0.0128. The Kier molecular flexibility index (Phi) is 2.13. The molecule has 94 valence electrons. The molecular weight excluding hydrogens is 244 g/mol. The maximum Gasteiger partial charge on any atom is 0.198 e. The van der Waals surface area contributed by atoms with Crippen LogP contribution in [0.25, 0.3) is 0 Å². The number of ketones is 2. The number of phenolic OH excluding ortho intramolecular Hbond substituents is 1. The largest absolute Gasteiger partial charge is 0.507 e. The van der Waals surface area contributed by atoms with Crippen molar-refractivity contribution < 1.29 is 14.7 Å². The zero-order chi connectivity index (χ0) is 13.7. The normalized spacial score (nSPS) is 13.1. The van der Waals surface area contributed by atoms with E-state index < -0.39 is 11.6 Å². The molecular formula is C14H10N2O3. The third kappa shape index (κ3) is 1.35. The molecule has 0 bridgehead atoms. The zero-order valence-corrected chi connectivity index (χ0v) is 9.81. The highest BCUT2D eigenvalue weighted by Gasteiger charge is 2.34. The Morgan fingerprint density at radius 2 is 1.42 bits per heavy atom. The first-order chi connectivity index (χ1) is 9.02. The summed E-state index contributed by atoms with van der Waals surface area (Å²) in [6, 6.07) is 7.61. The monoisotopic (exact) mass is 254 g/mol. The van der Waals surface area contributed by atoms with Crippen LogP contribution in [0, 0.1) is 0 Å².